The molecule has 1 unspecified atom stereocenters. The molecule has 0 aromatic carbocycles. The molecule has 3 rings (SSSR count). The highest BCUT2D eigenvalue weighted by Gasteiger charge is 2.51. The second kappa shape index (κ2) is 7.11. The van der Waals surface area contributed by atoms with Gasteiger partial charge in [0.1, 0.15) is 5.54 Å². The molecule has 0 radical (unpaired) electrons. The van der Waals surface area contributed by atoms with Crippen LogP contribution in [0, 0.1) is 0 Å². The number of piperidine rings is 1. The summed E-state index contributed by atoms with van der Waals surface area (Å²) in [6.45, 7) is 3.13. The van der Waals surface area contributed by atoms with Crippen LogP contribution >= 0.6 is 0 Å². The fraction of sp³-hybridized carbons (Fsp3) is 0.833. The van der Waals surface area contributed by atoms with E-state index in [1.165, 1.54) is 11.3 Å². The van der Waals surface area contributed by atoms with Gasteiger partial charge in [-0.05, 0) is 38.5 Å². The highest BCUT2D eigenvalue weighted by Crippen LogP contribution is 2.33. The fourth-order valence-electron chi connectivity index (χ4n) is 4.48. The topological polar surface area (TPSA) is 69.7 Å². The van der Waals surface area contributed by atoms with E-state index in [-0.39, 0.29) is 30.8 Å². The summed E-state index contributed by atoms with van der Waals surface area (Å²) in [6.07, 6.45) is 9.04. The molecule has 3 fully saturated rings. The zero-order chi connectivity index (χ0) is 17.2. The van der Waals surface area contributed by atoms with E-state index in [0.717, 1.165) is 57.9 Å². The van der Waals surface area contributed by atoms with Crippen LogP contribution < -0.4 is 5.32 Å². The van der Waals surface area contributed by atoms with Crippen LogP contribution in [0.3, 0.4) is 0 Å². The maximum atomic E-state index is 12.7. The number of amides is 4. The average Bonchev–Trinajstić information content (AvgIpc) is 2.83. The number of urea groups is 1. The van der Waals surface area contributed by atoms with Gasteiger partial charge in [-0.15, -0.1) is 0 Å². The number of rotatable bonds is 4. The first kappa shape index (κ1) is 17.2. The fourth-order valence-corrected chi connectivity index (χ4v) is 4.48. The number of nitrogens with zero attached hydrogens (tertiary/aromatic N) is 2. The molecular formula is C18H29N3O3. The molecule has 1 spiro atoms. The maximum Gasteiger partial charge on any atom is 0.325 e. The summed E-state index contributed by atoms with van der Waals surface area (Å²) in [5, 5.41) is 2.90. The number of likely N-dealkylation sites (tertiary alicyclic amines) is 1. The lowest BCUT2D eigenvalue weighted by Gasteiger charge is -2.35. The third-order valence-corrected chi connectivity index (χ3v) is 5.92. The highest BCUT2D eigenvalue weighted by atomic mass is 16.2. The van der Waals surface area contributed by atoms with Crippen LogP contribution in [-0.2, 0) is 9.59 Å². The van der Waals surface area contributed by atoms with E-state index in [1.54, 1.807) is 0 Å². The highest BCUT2D eigenvalue weighted by molar-refractivity contribution is 6.07. The Bertz CT molecular complexity index is 514. The minimum atomic E-state index is -0.685. The lowest BCUT2D eigenvalue weighted by atomic mass is 9.82. The molecule has 6 heteroatoms. The van der Waals surface area contributed by atoms with Gasteiger partial charge in [-0.3, -0.25) is 14.5 Å². The number of carbonyl (C=O) groups is 3. The van der Waals surface area contributed by atoms with Crippen molar-refractivity contribution in [3.63, 3.8) is 0 Å². The minimum absolute atomic E-state index is 0.0757. The van der Waals surface area contributed by atoms with Gasteiger partial charge in [0.05, 0.1) is 0 Å². The normalized spacial score (nSPS) is 26.8. The van der Waals surface area contributed by atoms with Crippen molar-refractivity contribution in [3.05, 3.63) is 0 Å². The number of hydrogen-bond donors (Lipinski definition) is 1. The first-order valence-corrected chi connectivity index (χ1v) is 9.51. The largest absolute Gasteiger partial charge is 0.340 e. The summed E-state index contributed by atoms with van der Waals surface area (Å²) in [6, 6.07) is -0.000529. The van der Waals surface area contributed by atoms with Gasteiger partial charge in [0, 0.05) is 25.6 Å². The lowest BCUT2D eigenvalue weighted by Crippen LogP contribution is -2.48. The molecule has 1 atom stereocenters. The Morgan fingerprint density at radius 3 is 2.62 bits per heavy atom. The predicted molar refractivity (Wildman–Crippen MR) is 90.3 cm³/mol. The lowest BCUT2D eigenvalue weighted by molar-refractivity contribution is -0.136. The molecule has 4 amide bonds. The number of nitrogens with one attached hydrogen (secondary N) is 1. The Hall–Kier alpha value is -1.59. The zero-order valence-electron chi connectivity index (χ0n) is 14.7. The number of imide groups is 1. The van der Waals surface area contributed by atoms with Gasteiger partial charge in [-0.25, -0.2) is 4.79 Å². The molecular weight excluding hydrogens is 306 g/mol. The van der Waals surface area contributed by atoms with Crippen LogP contribution in [0.15, 0.2) is 0 Å². The standard InChI is InChI=1S/C18H29N3O3/c1-2-14-8-4-7-12-20(14)15(22)9-13-21-16(23)18(19-17(21)24)10-5-3-6-11-18/h14H,2-13H2,1H3,(H,19,24). The van der Waals surface area contributed by atoms with Crippen LogP contribution in [0.5, 0.6) is 0 Å². The average molecular weight is 335 g/mol. The molecule has 0 aromatic heterocycles. The van der Waals surface area contributed by atoms with E-state index in [2.05, 4.69) is 12.2 Å². The van der Waals surface area contributed by atoms with Crippen LogP contribution in [-0.4, -0.2) is 52.3 Å². The Morgan fingerprint density at radius 2 is 1.92 bits per heavy atom. The first-order valence-electron chi connectivity index (χ1n) is 9.51. The van der Waals surface area contributed by atoms with Crippen molar-refractivity contribution in [2.45, 2.75) is 82.7 Å². The Labute approximate surface area is 143 Å². The van der Waals surface area contributed by atoms with Crippen molar-refractivity contribution < 1.29 is 14.4 Å². The van der Waals surface area contributed by atoms with Gasteiger partial charge in [-0.1, -0.05) is 26.2 Å². The maximum absolute atomic E-state index is 12.7. The zero-order valence-corrected chi connectivity index (χ0v) is 14.7. The van der Waals surface area contributed by atoms with Gasteiger partial charge in [0.15, 0.2) is 0 Å². The SMILES string of the molecule is CCC1CCCCN1C(=O)CCN1C(=O)NC2(CCCCC2)C1=O. The van der Waals surface area contributed by atoms with Crippen molar-refractivity contribution in [3.8, 4) is 0 Å². The van der Waals surface area contributed by atoms with Crippen molar-refractivity contribution in [2.75, 3.05) is 13.1 Å². The van der Waals surface area contributed by atoms with Crippen molar-refractivity contribution in [1.29, 1.82) is 0 Å². The Kier molecular flexibility index (Phi) is 5.11. The van der Waals surface area contributed by atoms with Crippen LogP contribution in [0.25, 0.3) is 0 Å². The third kappa shape index (κ3) is 3.15. The Balaban J connectivity index is 1.58. The van der Waals surface area contributed by atoms with E-state index < -0.39 is 5.54 Å². The third-order valence-electron chi connectivity index (χ3n) is 5.92. The van der Waals surface area contributed by atoms with Gasteiger partial charge in [0.2, 0.25) is 5.91 Å². The minimum Gasteiger partial charge on any atom is -0.340 e. The Morgan fingerprint density at radius 1 is 1.17 bits per heavy atom. The summed E-state index contributed by atoms with van der Waals surface area (Å²) in [4.78, 5) is 40.7. The van der Waals surface area contributed by atoms with Crippen molar-refractivity contribution in [2.24, 2.45) is 0 Å². The smallest absolute Gasteiger partial charge is 0.325 e. The molecule has 24 heavy (non-hydrogen) atoms. The molecule has 2 heterocycles. The van der Waals surface area contributed by atoms with E-state index in [9.17, 15) is 14.4 Å². The summed E-state index contributed by atoms with van der Waals surface area (Å²) >= 11 is 0. The quantitative estimate of drug-likeness (QED) is 0.802. The van der Waals surface area contributed by atoms with Crippen LogP contribution in [0.4, 0.5) is 4.79 Å². The molecule has 1 aliphatic carbocycles. The number of carbonyl (C=O) groups excluding carboxylic acids is 3. The van der Waals surface area contributed by atoms with E-state index >= 15 is 0 Å². The molecule has 1 saturated carbocycles. The molecule has 0 bridgehead atoms. The van der Waals surface area contributed by atoms with Gasteiger partial charge in [0.25, 0.3) is 5.91 Å². The summed E-state index contributed by atoms with van der Waals surface area (Å²) in [7, 11) is 0. The second-order valence-corrected chi connectivity index (χ2v) is 7.42. The van der Waals surface area contributed by atoms with Gasteiger partial charge in [-0.2, -0.15) is 0 Å². The van der Waals surface area contributed by atoms with E-state index in [4.69, 9.17) is 0 Å². The monoisotopic (exact) mass is 335 g/mol. The summed E-state index contributed by atoms with van der Waals surface area (Å²) in [5.41, 5.74) is -0.685. The second-order valence-electron chi connectivity index (χ2n) is 7.42. The molecule has 0 aromatic rings. The van der Waals surface area contributed by atoms with E-state index in [0.29, 0.717) is 6.04 Å². The van der Waals surface area contributed by atoms with E-state index in [1.807, 2.05) is 4.90 Å². The van der Waals surface area contributed by atoms with Crippen LogP contribution in [0.2, 0.25) is 0 Å². The van der Waals surface area contributed by atoms with Crippen molar-refractivity contribution in [1.82, 2.24) is 15.1 Å². The van der Waals surface area contributed by atoms with Gasteiger partial charge >= 0.3 is 6.03 Å². The van der Waals surface area contributed by atoms with Gasteiger partial charge < -0.3 is 10.2 Å². The summed E-state index contributed by atoms with van der Waals surface area (Å²) < 4.78 is 0. The first-order chi connectivity index (χ1) is 11.6. The molecule has 1 N–H and O–H groups in total. The molecule has 3 aliphatic rings. The molecule has 134 valence electrons. The molecule has 2 aliphatic heterocycles. The summed E-state index contributed by atoms with van der Waals surface area (Å²) in [5.74, 6) is -0.0440. The predicted octanol–water partition coefficient (Wildman–Crippen LogP) is 2.42. The van der Waals surface area contributed by atoms with Crippen molar-refractivity contribution >= 4 is 17.8 Å². The van der Waals surface area contributed by atoms with Crippen LogP contribution in [0.1, 0.15) is 71.1 Å². The number of hydrogen-bond acceptors (Lipinski definition) is 3. The molecule has 2 saturated heterocycles. The molecule has 6 nitrogen and oxygen atoms in total.